The van der Waals surface area contributed by atoms with Crippen molar-refractivity contribution in [3.8, 4) is 11.4 Å². The van der Waals surface area contributed by atoms with Crippen LogP contribution >= 0.6 is 0 Å². The highest BCUT2D eigenvalue weighted by Crippen LogP contribution is 2.33. The molecular formula is C25H30N4O. The maximum absolute atomic E-state index is 11.6. The molecule has 2 heterocycles. The molecule has 0 aliphatic carbocycles. The minimum Gasteiger partial charge on any atom is -0.356 e. The molecule has 1 unspecified atom stereocenters. The fourth-order valence-corrected chi connectivity index (χ4v) is 4.32. The Morgan fingerprint density at radius 3 is 2.83 bits per heavy atom. The second-order valence-electron chi connectivity index (χ2n) is 8.25. The van der Waals surface area contributed by atoms with E-state index in [1.165, 1.54) is 11.9 Å². The number of imidazole rings is 1. The van der Waals surface area contributed by atoms with Crippen LogP contribution in [0.15, 0.2) is 54.6 Å². The van der Waals surface area contributed by atoms with Gasteiger partial charge in [-0.05, 0) is 63.1 Å². The second kappa shape index (κ2) is 8.84. The molecule has 4 rings (SSSR count). The van der Waals surface area contributed by atoms with Crippen molar-refractivity contribution in [1.29, 1.82) is 0 Å². The van der Waals surface area contributed by atoms with E-state index in [4.69, 9.17) is 4.98 Å². The molecule has 3 aromatic rings. The van der Waals surface area contributed by atoms with Gasteiger partial charge in [0.25, 0.3) is 0 Å². The van der Waals surface area contributed by atoms with Crippen molar-refractivity contribution in [3.05, 3.63) is 60.2 Å². The van der Waals surface area contributed by atoms with Gasteiger partial charge in [0.15, 0.2) is 0 Å². The summed E-state index contributed by atoms with van der Waals surface area (Å²) in [4.78, 5) is 19.2. The molecule has 30 heavy (non-hydrogen) atoms. The Balaban J connectivity index is 1.77. The first kappa shape index (κ1) is 20.4. The van der Waals surface area contributed by atoms with Gasteiger partial charge in [-0.15, -0.1) is 0 Å². The smallest absolute Gasteiger partial charge is 0.243 e. The van der Waals surface area contributed by atoms with Crippen LogP contribution in [0.4, 0.5) is 0 Å². The first-order valence-electron chi connectivity index (χ1n) is 10.8. The summed E-state index contributed by atoms with van der Waals surface area (Å²) in [6, 6.07) is 17.6. The molecule has 1 aromatic heterocycles. The zero-order valence-corrected chi connectivity index (χ0v) is 18.0. The van der Waals surface area contributed by atoms with Gasteiger partial charge in [0.1, 0.15) is 5.82 Å². The summed E-state index contributed by atoms with van der Waals surface area (Å²) in [5, 5.41) is 2.62. The van der Waals surface area contributed by atoms with Crippen LogP contribution in [0.25, 0.3) is 28.5 Å². The molecule has 0 spiro atoms. The van der Waals surface area contributed by atoms with Crippen LogP contribution in [0, 0.1) is 0 Å². The highest BCUT2D eigenvalue weighted by molar-refractivity contribution is 5.91. The lowest BCUT2D eigenvalue weighted by Crippen LogP contribution is -2.40. The number of nitrogens with zero attached hydrogens (tertiary/aromatic N) is 3. The third kappa shape index (κ3) is 4.17. The average molecular weight is 403 g/mol. The molecule has 1 atom stereocenters. The average Bonchev–Trinajstić information content (AvgIpc) is 3.17. The topological polar surface area (TPSA) is 50.2 Å². The van der Waals surface area contributed by atoms with Gasteiger partial charge in [0.2, 0.25) is 5.91 Å². The lowest BCUT2D eigenvalue weighted by Gasteiger charge is -2.36. The molecule has 1 fully saturated rings. The molecule has 1 aliphatic heterocycles. The Kier molecular flexibility index (Phi) is 6.00. The maximum Gasteiger partial charge on any atom is 0.243 e. The summed E-state index contributed by atoms with van der Waals surface area (Å²) < 4.78 is 2.44. The number of rotatable bonds is 5. The van der Waals surface area contributed by atoms with E-state index < -0.39 is 0 Å². The van der Waals surface area contributed by atoms with E-state index in [1.54, 1.807) is 13.1 Å². The van der Waals surface area contributed by atoms with Crippen molar-refractivity contribution in [2.45, 2.75) is 38.8 Å². The first-order valence-corrected chi connectivity index (χ1v) is 10.8. The van der Waals surface area contributed by atoms with Gasteiger partial charge in [0.05, 0.1) is 11.0 Å². The van der Waals surface area contributed by atoms with Crippen molar-refractivity contribution in [1.82, 2.24) is 19.8 Å². The number of likely N-dealkylation sites (tertiary alicyclic amines) is 1. The highest BCUT2D eigenvalue weighted by atomic mass is 16.1. The van der Waals surface area contributed by atoms with E-state index in [0.717, 1.165) is 42.0 Å². The molecular weight excluding hydrogens is 372 g/mol. The van der Waals surface area contributed by atoms with Crippen LogP contribution in [-0.4, -0.2) is 46.5 Å². The number of piperidine rings is 1. The number of fused-ring (bicyclic) bond motifs is 1. The van der Waals surface area contributed by atoms with Gasteiger partial charge in [0, 0.05) is 37.3 Å². The van der Waals surface area contributed by atoms with Gasteiger partial charge in [-0.2, -0.15) is 0 Å². The van der Waals surface area contributed by atoms with Crippen molar-refractivity contribution in [3.63, 3.8) is 0 Å². The van der Waals surface area contributed by atoms with Crippen molar-refractivity contribution in [2.24, 2.45) is 0 Å². The van der Waals surface area contributed by atoms with E-state index in [2.05, 4.69) is 59.0 Å². The molecule has 0 saturated carbocycles. The number of para-hydroxylation sites is 2. The van der Waals surface area contributed by atoms with Crippen molar-refractivity contribution < 1.29 is 4.79 Å². The number of carbonyl (C=O) groups excluding carboxylic acids is 1. The number of amides is 1. The molecule has 1 aliphatic rings. The van der Waals surface area contributed by atoms with Gasteiger partial charge in [-0.25, -0.2) is 4.98 Å². The molecule has 0 bridgehead atoms. The van der Waals surface area contributed by atoms with Crippen LogP contribution in [0.3, 0.4) is 0 Å². The first-order chi connectivity index (χ1) is 14.6. The normalized spacial score (nSPS) is 17.8. The number of hydrogen-bond donors (Lipinski definition) is 1. The molecule has 0 radical (unpaired) electrons. The molecule has 1 N–H and O–H groups in total. The van der Waals surface area contributed by atoms with Crippen LogP contribution in [-0.2, 0) is 4.79 Å². The minimum atomic E-state index is -0.108. The third-order valence-electron chi connectivity index (χ3n) is 5.94. The third-order valence-corrected chi connectivity index (χ3v) is 5.94. The van der Waals surface area contributed by atoms with E-state index in [9.17, 15) is 4.79 Å². The summed E-state index contributed by atoms with van der Waals surface area (Å²) in [6.45, 7) is 6.76. The number of carbonyl (C=O) groups is 1. The fourth-order valence-electron chi connectivity index (χ4n) is 4.32. The molecule has 2 aromatic carbocycles. The summed E-state index contributed by atoms with van der Waals surface area (Å²) in [5.41, 5.74) is 4.28. The quantitative estimate of drug-likeness (QED) is 0.639. The SMILES string of the molecule is CNC(=O)/C=C/c1cccc(-c2nc3ccccc3n2C2CCCN(C(C)C)C2)c1. The lowest BCUT2D eigenvalue weighted by molar-refractivity contribution is -0.115. The van der Waals surface area contributed by atoms with Crippen LogP contribution in [0.1, 0.15) is 38.3 Å². The Bertz CT molecular complexity index is 1070. The van der Waals surface area contributed by atoms with Crippen LogP contribution in [0.5, 0.6) is 0 Å². The Labute approximate surface area is 178 Å². The van der Waals surface area contributed by atoms with Gasteiger partial charge < -0.3 is 9.88 Å². The predicted molar refractivity (Wildman–Crippen MR) is 123 cm³/mol. The van der Waals surface area contributed by atoms with Crippen molar-refractivity contribution in [2.75, 3.05) is 20.1 Å². The Morgan fingerprint density at radius 1 is 1.20 bits per heavy atom. The zero-order valence-electron chi connectivity index (χ0n) is 18.0. The van der Waals surface area contributed by atoms with Crippen LogP contribution in [0.2, 0.25) is 0 Å². The summed E-state index contributed by atoms with van der Waals surface area (Å²) in [7, 11) is 1.63. The van der Waals surface area contributed by atoms with E-state index in [0.29, 0.717) is 12.1 Å². The number of aromatic nitrogens is 2. The Morgan fingerprint density at radius 2 is 2.03 bits per heavy atom. The maximum atomic E-state index is 11.6. The largest absolute Gasteiger partial charge is 0.356 e. The monoisotopic (exact) mass is 402 g/mol. The van der Waals surface area contributed by atoms with E-state index in [1.807, 2.05) is 24.3 Å². The van der Waals surface area contributed by atoms with Crippen LogP contribution < -0.4 is 5.32 Å². The fraction of sp³-hybridized carbons (Fsp3) is 0.360. The number of likely N-dealkylation sites (N-methyl/N-ethyl adjacent to an activating group) is 1. The highest BCUT2D eigenvalue weighted by Gasteiger charge is 2.26. The molecule has 156 valence electrons. The summed E-state index contributed by atoms with van der Waals surface area (Å²) in [6.07, 6.45) is 5.76. The zero-order chi connectivity index (χ0) is 21.1. The van der Waals surface area contributed by atoms with Gasteiger partial charge in [-0.1, -0.05) is 30.3 Å². The summed E-state index contributed by atoms with van der Waals surface area (Å²) >= 11 is 0. The number of hydrogen-bond acceptors (Lipinski definition) is 3. The minimum absolute atomic E-state index is 0.108. The number of benzene rings is 2. The van der Waals surface area contributed by atoms with Gasteiger partial charge >= 0.3 is 0 Å². The molecule has 1 saturated heterocycles. The van der Waals surface area contributed by atoms with E-state index in [-0.39, 0.29) is 5.91 Å². The number of nitrogens with one attached hydrogen (secondary N) is 1. The van der Waals surface area contributed by atoms with E-state index >= 15 is 0 Å². The lowest BCUT2D eigenvalue weighted by atomic mass is 10.0. The van der Waals surface area contributed by atoms with Crippen molar-refractivity contribution >= 4 is 23.0 Å². The predicted octanol–water partition coefficient (Wildman–Crippen LogP) is 4.51. The standard InChI is InChI=1S/C25H30N4O/c1-18(2)28-15-7-10-21(17-28)29-23-12-5-4-11-22(23)27-25(29)20-9-6-8-19(16-20)13-14-24(30)26-3/h4-6,8-9,11-14,16,18,21H,7,10,15,17H2,1-3H3,(H,26,30)/b14-13+. The van der Waals surface area contributed by atoms with Gasteiger partial charge in [-0.3, -0.25) is 9.69 Å². The molecule has 5 heteroatoms. The summed E-state index contributed by atoms with van der Waals surface area (Å²) in [5.74, 6) is 0.894. The Hall–Kier alpha value is -2.92. The molecule has 1 amide bonds. The molecule has 5 nitrogen and oxygen atoms in total. The second-order valence-corrected chi connectivity index (χ2v) is 8.25.